The van der Waals surface area contributed by atoms with Crippen molar-refractivity contribution in [2.45, 2.75) is 32.4 Å². The average molecular weight is 291 g/mol. The van der Waals surface area contributed by atoms with E-state index in [0.717, 1.165) is 32.7 Å². The first-order valence-corrected chi connectivity index (χ1v) is 7.84. The Hall–Kier alpha value is -1.10. The molecule has 1 saturated heterocycles. The van der Waals surface area contributed by atoms with Crippen molar-refractivity contribution in [1.82, 2.24) is 15.1 Å². The molecule has 118 valence electrons. The van der Waals surface area contributed by atoms with E-state index in [9.17, 15) is 5.11 Å². The molecule has 2 rings (SSSR count). The first-order chi connectivity index (χ1) is 9.88. The first-order valence-electron chi connectivity index (χ1n) is 7.84. The van der Waals surface area contributed by atoms with Crippen LogP contribution in [0.1, 0.15) is 32.4 Å². The Morgan fingerprint density at radius 3 is 2.29 bits per heavy atom. The molecule has 1 aromatic rings. The lowest BCUT2D eigenvalue weighted by molar-refractivity contribution is 0.0605. The molecular formula is C17H29N3O. The van der Waals surface area contributed by atoms with Crippen molar-refractivity contribution in [3.05, 3.63) is 29.8 Å². The van der Waals surface area contributed by atoms with Crippen LogP contribution in [0.25, 0.3) is 0 Å². The Balaban J connectivity index is 1.87. The van der Waals surface area contributed by atoms with Crippen LogP contribution in [-0.4, -0.2) is 60.2 Å². The largest absolute Gasteiger partial charge is 0.508 e. The highest BCUT2D eigenvalue weighted by atomic mass is 16.3. The molecule has 1 aromatic carbocycles. The molecule has 21 heavy (non-hydrogen) atoms. The summed E-state index contributed by atoms with van der Waals surface area (Å²) in [5.74, 6) is 0.323. The molecule has 0 bridgehead atoms. The molecular weight excluding hydrogens is 262 g/mol. The minimum absolute atomic E-state index is 0.159. The maximum atomic E-state index is 9.36. The van der Waals surface area contributed by atoms with Gasteiger partial charge in [0.25, 0.3) is 0 Å². The van der Waals surface area contributed by atoms with Crippen LogP contribution in [0.4, 0.5) is 0 Å². The van der Waals surface area contributed by atoms with Crippen LogP contribution in [0.2, 0.25) is 0 Å². The van der Waals surface area contributed by atoms with E-state index in [2.05, 4.69) is 42.9 Å². The summed E-state index contributed by atoms with van der Waals surface area (Å²) in [6.45, 7) is 12.3. The fourth-order valence-electron chi connectivity index (χ4n) is 2.81. The Kier molecular flexibility index (Phi) is 5.25. The van der Waals surface area contributed by atoms with E-state index in [4.69, 9.17) is 0 Å². The highest BCUT2D eigenvalue weighted by Gasteiger charge is 2.29. The van der Waals surface area contributed by atoms with Crippen molar-refractivity contribution in [1.29, 1.82) is 0 Å². The third kappa shape index (κ3) is 4.43. The molecule has 4 nitrogen and oxygen atoms in total. The number of hydrogen-bond donors (Lipinski definition) is 2. The number of nitrogens with zero attached hydrogens (tertiary/aromatic N) is 2. The Labute approximate surface area is 128 Å². The summed E-state index contributed by atoms with van der Waals surface area (Å²) in [5, 5.41) is 13.0. The second-order valence-corrected chi connectivity index (χ2v) is 6.80. The molecule has 2 N–H and O–H groups in total. The van der Waals surface area contributed by atoms with E-state index in [-0.39, 0.29) is 11.6 Å². The number of nitrogens with one attached hydrogen (secondary N) is 1. The molecule has 0 saturated carbocycles. The number of phenols is 1. The SMILES string of the molecule is CC(NCC(C)(C)N1CCN(C)CC1)c1ccc(O)cc1. The number of piperazine rings is 1. The smallest absolute Gasteiger partial charge is 0.115 e. The first kappa shape index (κ1) is 16.3. The molecule has 0 amide bonds. The molecule has 1 aliphatic rings. The van der Waals surface area contributed by atoms with E-state index >= 15 is 0 Å². The zero-order valence-electron chi connectivity index (χ0n) is 13.8. The van der Waals surface area contributed by atoms with Gasteiger partial charge in [-0.05, 0) is 45.5 Å². The van der Waals surface area contributed by atoms with Crippen LogP contribution in [-0.2, 0) is 0 Å². The molecule has 4 heteroatoms. The minimum atomic E-state index is 0.159. The van der Waals surface area contributed by atoms with Crippen LogP contribution >= 0.6 is 0 Å². The minimum Gasteiger partial charge on any atom is -0.508 e. The molecule has 0 spiro atoms. The fourth-order valence-corrected chi connectivity index (χ4v) is 2.81. The lowest BCUT2D eigenvalue weighted by Gasteiger charge is -2.43. The van der Waals surface area contributed by atoms with Crippen LogP contribution in [0.5, 0.6) is 5.75 Å². The molecule has 1 atom stereocenters. The van der Waals surface area contributed by atoms with Gasteiger partial charge < -0.3 is 15.3 Å². The monoisotopic (exact) mass is 291 g/mol. The van der Waals surface area contributed by atoms with Gasteiger partial charge in [-0.15, -0.1) is 0 Å². The Morgan fingerprint density at radius 2 is 1.71 bits per heavy atom. The standard InChI is InChI=1S/C17H29N3O/c1-14(15-5-7-16(21)8-6-15)18-13-17(2,3)20-11-9-19(4)10-12-20/h5-8,14,18,21H,9-13H2,1-4H3. The Morgan fingerprint density at radius 1 is 1.14 bits per heavy atom. The van der Waals surface area contributed by atoms with Crippen molar-refractivity contribution in [2.75, 3.05) is 39.8 Å². The topological polar surface area (TPSA) is 38.7 Å². The lowest BCUT2D eigenvalue weighted by atomic mass is 10.00. The van der Waals surface area contributed by atoms with Gasteiger partial charge in [0.2, 0.25) is 0 Å². The second kappa shape index (κ2) is 6.77. The predicted molar refractivity (Wildman–Crippen MR) is 87.7 cm³/mol. The maximum Gasteiger partial charge on any atom is 0.115 e. The van der Waals surface area contributed by atoms with Gasteiger partial charge in [0.05, 0.1) is 0 Å². The van der Waals surface area contributed by atoms with Crippen LogP contribution in [0.3, 0.4) is 0 Å². The van der Waals surface area contributed by atoms with E-state index in [1.54, 1.807) is 12.1 Å². The summed E-state index contributed by atoms with van der Waals surface area (Å²) in [5.41, 5.74) is 1.37. The van der Waals surface area contributed by atoms with Gasteiger partial charge in [0, 0.05) is 44.3 Å². The van der Waals surface area contributed by atoms with Gasteiger partial charge in [0.15, 0.2) is 0 Å². The molecule has 0 radical (unpaired) electrons. The number of rotatable bonds is 5. The number of likely N-dealkylation sites (N-methyl/N-ethyl adjacent to an activating group) is 1. The van der Waals surface area contributed by atoms with Gasteiger partial charge in [-0.25, -0.2) is 0 Å². The van der Waals surface area contributed by atoms with Gasteiger partial charge in [0.1, 0.15) is 5.75 Å². The highest BCUT2D eigenvalue weighted by Crippen LogP contribution is 2.20. The van der Waals surface area contributed by atoms with Crippen LogP contribution < -0.4 is 5.32 Å². The molecule has 1 aliphatic heterocycles. The maximum absolute atomic E-state index is 9.36. The quantitative estimate of drug-likeness (QED) is 0.871. The van der Waals surface area contributed by atoms with Gasteiger partial charge in [-0.2, -0.15) is 0 Å². The normalized spacial score (nSPS) is 19.6. The summed E-state index contributed by atoms with van der Waals surface area (Å²) < 4.78 is 0. The van der Waals surface area contributed by atoms with Crippen molar-refractivity contribution >= 4 is 0 Å². The van der Waals surface area contributed by atoms with Crippen molar-refractivity contribution < 1.29 is 5.11 Å². The van der Waals surface area contributed by atoms with Gasteiger partial charge in [-0.1, -0.05) is 12.1 Å². The number of hydrogen-bond acceptors (Lipinski definition) is 4. The van der Waals surface area contributed by atoms with Gasteiger partial charge in [-0.3, -0.25) is 4.90 Å². The fraction of sp³-hybridized carbons (Fsp3) is 0.647. The molecule has 0 aliphatic carbocycles. The number of phenolic OH excluding ortho intramolecular Hbond substituents is 1. The zero-order chi connectivity index (χ0) is 15.5. The molecule has 0 aromatic heterocycles. The predicted octanol–water partition coefficient (Wildman–Crippen LogP) is 2.07. The van der Waals surface area contributed by atoms with Crippen molar-refractivity contribution in [2.24, 2.45) is 0 Å². The summed E-state index contributed by atoms with van der Waals surface area (Å²) in [7, 11) is 2.19. The molecule has 1 fully saturated rings. The third-order valence-electron chi connectivity index (χ3n) is 4.59. The third-order valence-corrected chi connectivity index (χ3v) is 4.59. The summed E-state index contributed by atoms with van der Waals surface area (Å²) in [6.07, 6.45) is 0. The van der Waals surface area contributed by atoms with E-state index in [0.29, 0.717) is 5.75 Å². The van der Waals surface area contributed by atoms with Crippen molar-refractivity contribution in [3.63, 3.8) is 0 Å². The highest BCUT2D eigenvalue weighted by molar-refractivity contribution is 5.27. The molecule has 1 unspecified atom stereocenters. The lowest BCUT2D eigenvalue weighted by Crippen LogP contribution is -2.57. The summed E-state index contributed by atoms with van der Waals surface area (Å²) >= 11 is 0. The van der Waals surface area contributed by atoms with Gasteiger partial charge >= 0.3 is 0 Å². The van der Waals surface area contributed by atoms with Crippen LogP contribution in [0, 0.1) is 0 Å². The van der Waals surface area contributed by atoms with Crippen LogP contribution in [0.15, 0.2) is 24.3 Å². The van der Waals surface area contributed by atoms with Crippen molar-refractivity contribution in [3.8, 4) is 5.75 Å². The summed E-state index contributed by atoms with van der Waals surface area (Å²) in [4.78, 5) is 4.96. The number of benzene rings is 1. The molecule has 1 heterocycles. The Bertz CT molecular complexity index is 436. The van der Waals surface area contributed by atoms with E-state index < -0.39 is 0 Å². The average Bonchev–Trinajstić information content (AvgIpc) is 2.46. The second-order valence-electron chi connectivity index (χ2n) is 6.80. The zero-order valence-corrected chi connectivity index (χ0v) is 13.8. The summed E-state index contributed by atoms with van der Waals surface area (Å²) in [6, 6.07) is 7.75. The number of aromatic hydroxyl groups is 1. The van der Waals surface area contributed by atoms with E-state index in [1.807, 2.05) is 12.1 Å². The van der Waals surface area contributed by atoms with E-state index in [1.165, 1.54) is 5.56 Å².